The van der Waals surface area contributed by atoms with Gasteiger partial charge in [0.25, 0.3) is 0 Å². The van der Waals surface area contributed by atoms with E-state index in [1.54, 1.807) is 11.9 Å². The molecule has 0 radical (unpaired) electrons. The zero-order chi connectivity index (χ0) is 12.3. The molecular formula is C10H15ClN4O2. The highest BCUT2D eigenvalue weighted by Gasteiger charge is 2.23. The van der Waals surface area contributed by atoms with Gasteiger partial charge in [0.05, 0.1) is 0 Å². The Bertz CT molecular complexity index is 395. The Labute approximate surface area is 104 Å². The number of hydrogen-bond acceptors (Lipinski definition) is 5. The van der Waals surface area contributed by atoms with Crippen molar-refractivity contribution in [3.63, 3.8) is 0 Å². The van der Waals surface area contributed by atoms with Crippen LogP contribution in [0.25, 0.3) is 0 Å². The Kier molecular flexibility index (Phi) is 3.83. The Hall–Kier alpha value is -1.30. The number of aryl methyl sites for hydroxylation is 1. The normalized spacial score (nSPS) is 20.7. The van der Waals surface area contributed by atoms with Crippen molar-refractivity contribution in [2.24, 2.45) is 0 Å². The third kappa shape index (κ3) is 3.09. The van der Waals surface area contributed by atoms with E-state index in [4.69, 9.17) is 16.0 Å². The van der Waals surface area contributed by atoms with E-state index in [9.17, 15) is 4.79 Å². The first-order valence-electron chi connectivity index (χ1n) is 5.58. The summed E-state index contributed by atoms with van der Waals surface area (Å²) in [4.78, 5) is 13.0. The Morgan fingerprint density at radius 1 is 1.59 bits per heavy atom. The standard InChI is InChI=1S/C10H15ClN4O2/c1-15-6-7(2-3-9(15)16)12-10-14-13-8(17-10)4-5-11/h7H,2-6H2,1H3,(H,12,14). The quantitative estimate of drug-likeness (QED) is 0.812. The van der Waals surface area contributed by atoms with Crippen molar-refractivity contribution in [1.29, 1.82) is 0 Å². The fourth-order valence-corrected chi connectivity index (χ4v) is 1.96. The molecule has 1 aromatic heterocycles. The number of carbonyl (C=O) groups excluding carboxylic acids is 1. The molecule has 1 aliphatic rings. The summed E-state index contributed by atoms with van der Waals surface area (Å²) in [5.74, 6) is 1.17. The minimum Gasteiger partial charge on any atom is -0.408 e. The zero-order valence-corrected chi connectivity index (χ0v) is 10.4. The summed E-state index contributed by atoms with van der Waals surface area (Å²) in [6, 6.07) is 0.569. The van der Waals surface area contributed by atoms with Gasteiger partial charge in [0.15, 0.2) is 0 Å². The number of amides is 1. The van der Waals surface area contributed by atoms with Crippen molar-refractivity contribution in [2.45, 2.75) is 25.3 Å². The van der Waals surface area contributed by atoms with Gasteiger partial charge in [0, 0.05) is 38.4 Å². The Morgan fingerprint density at radius 3 is 3.12 bits per heavy atom. The second kappa shape index (κ2) is 5.35. The van der Waals surface area contributed by atoms with E-state index in [0.29, 0.717) is 37.2 Å². The first-order chi connectivity index (χ1) is 8.19. The molecule has 2 heterocycles. The molecule has 1 aliphatic heterocycles. The lowest BCUT2D eigenvalue weighted by atomic mass is 10.1. The van der Waals surface area contributed by atoms with Crippen molar-refractivity contribution in [3.05, 3.63) is 5.89 Å². The number of likely N-dealkylation sites (N-methyl/N-ethyl adjacent to an activating group) is 1. The van der Waals surface area contributed by atoms with E-state index in [-0.39, 0.29) is 11.9 Å². The molecule has 2 rings (SSSR count). The third-order valence-electron chi connectivity index (χ3n) is 2.73. The van der Waals surface area contributed by atoms with Gasteiger partial charge >= 0.3 is 6.01 Å². The maximum atomic E-state index is 11.3. The summed E-state index contributed by atoms with van der Waals surface area (Å²) in [5, 5.41) is 10.9. The number of hydrogen-bond donors (Lipinski definition) is 1. The molecule has 0 aromatic carbocycles. The van der Waals surface area contributed by atoms with Gasteiger partial charge in [0.2, 0.25) is 11.8 Å². The van der Waals surface area contributed by atoms with Crippen LogP contribution >= 0.6 is 11.6 Å². The van der Waals surface area contributed by atoms with Crippen molar-refractivity contribution < 1.29 is 9.21 Å². The van der Waals surface area contributed by atoms with E-state index in [1.165, 1.54) is 0 Å². The van der Waals surface area contributed by atoms with Gasteiger partial charge in [-0.2, -0.15) is 0 Å². The van der Waals surface area contributed by atoms with Crippen LogP contribution in [0.3, 0.4) is 0 Å². The van der Waals surface area contributed by atoms with Gasteiger partial charge in [-0.3, -0.25) is 4.79 Å². The highest BCUT2D eigenvalue weighted by molar-refractivity contribution is 6.17. The van der Waals surface area contributed by atoms with Crippen LogP contribution in [-0.2, 0) is 11.2 Å². The first-order valence-corrected chi connectivity index (χ1v) is 6.11. The minimum atomic E-state index is 0.169. The smallest absolute Gasteiger partial charge is 0.315 e. The average molecular weight is 259 g/mol. The molecule has 1 N–H and O–H groups in total. The van der Waals surface area contributed by atoms with E-state index < -0.39 is 0 Å². The fourth-order valence-electron chi connectivity index (χ4n) is 1.80. The van der Waals surface area contributed by atoms with E-state index in [1.807, 2.05) is 0 Å². The van der Waals surface area contributed by atoms with Gasteiger partial charge in [0.1, 0.15) is 0 Å². The van der Waals surface area contributed by atoms with E-state index >= 15 is 0 Å². The lowest BCUT2D eigenvalue weighted by Crippen LogP contribution is -2.43. The third-order valence-corrected chi connectivity index (χ3v) is 2.92. The number of halogens is 1. The zero-order valence-electron chi connectivity index (χ0n) is 9.65. The molecule has 0 bridgehead atoms. The molecule has 1 atom stereocenters. The van der Waals surface area contributed by atoms with Crippen molar-refractivity contribution in [1.82, 2.24) is 15.1 Å². The summed E-state index contributed by atoms with van der Waals surface area (Å²) < 4.78 is 5.37. The number of piperidine rings is 1. The predicted octanol–water partition coefficient (Wildman–Crippen LogP) is 0.884. The SMILES string of the molecule is CN1CC(Nc2nnc(CCCl)o2)CCC1=O. The predicted molar refractivity (Wildman–Crippen MR) is 63.0 cm³/mol. The fraction of sp³-hybridized carbons (Fsp3) is 0.700. The van der Waals surface area contributed by atoms with Gasteiger partial charge < -0.3 is 14.6 Å². The molecule has 1 amide bonds. The lowest BCUT2D eigenvalue weighted by Gasteiger charge is -2.29. The molecule has 1 fully saturated rings. The minimum absolute atomic E-state index is 0.169. The number of rotatable bonds is 4. The van der Waals surface area contributed by atoms with Gasteiger partial charge in [-0.25, -0.2) is 0 Å². The van der Waals surface area contributed by atoms with E-state index in [2.05, 4.69) is 15.5 Å². The molecule has 1 aromatic rings. The molecule has 0 spiro atoms. The van der Waals surface area contributed by atoms with Crippen molar-refractivity contribution in [2.75, 3.05) is 24.8 Å². The average Bonchev–Trinajstić information content (AvgIpc) is 2.72. The summed E-state index contributed by atoms with van der Waals surface area (Å²) >= 11 is 5.58. The number of anilines is 1. The topological polar surface area (TPSA) is 71.3 Å². The van der Waals surface area contributed by atoms with Gasteiger partial charge in [-0.05, 0) is 6.42 Å². The van der Waals surface area contributed by atoms with Gasteiger partial charge in [-0.15, -0.1) is 16.7 Å². The molecular weight excluding hydrogens is 244 g/mol. The number of nitrogens with zero attached hydrogens (tertiary/aromatic N) is 3. The molecule has 0 saturated carbocycles. The van der Waals surface area contributed by atoms with Gasteiger partial charge in [-0.1, -0.05) is 5.10 Å². The summed E-state index contributed by atoms with van der Waals surface area (Å²) in [5.41, 5.74) is 0. The maximum absolute atomic E-state index is 11.3. The van der Waals surface area contributed by atoms with Crippen LogP contribution in [0.15, 0.2) is 4.42 Å². The van der Waals surface area contributed by atoms with Crippen LogP contribution in [0, 0.1) is 0 Å². The molecule has 17 heavy (non-hydrogen) atoms. The van der Waals surface area contributed by atoms with Crippen LogP contribution in [0.2, 0.25) is 0 Å². The molecule has 1 unspecified atom stereocenters. The summed E-state index contributed by atoms with van der Waals surface area (Å²) in [6.45, 7) is 0.659. The second-order valence-corrected chi connectivity index (χ2v) is 4.47. The second-order valence-electron chi connectivity index (χ2n) is 4.09. The monoisotopic (exact) mass is 258 g/mol. The van der Waals surface area contributed by atoms with E-state index in [0.717, 1.165) is 6.42 Å². The van der Waals surface area contributed by atoms with Crippen LogP contribution in [0.5, 0.6) is 0 Å². The first kappa shape index (κ1) is 12.2. The number of likely N-dealkylation sites (tertiary alicyclic amines) is 1. The van der Waals surface area contributed by atoms with Crippen molar-refractivity contribution in [3.8, 4) is 0 Å². The number of carbonyl (C=O) groups is 1. The molecule has 7 heteroatoms. The number of nitrogens with one attached hydrogen (secondary N) is 1. The highest BCUT2D eigenvalue weighted by atomic mass is 35.5. The Balaban J connectivity index is 1.89. The maximum Gasteiger partial charge on any atom is 0.315 e. The van der Waals surface area contributed by atoms with Crippen LogP contribution in [0.4, 0.5) is 6.01 Å². The largest absolute Gasteiger partial charge is 0.408 e. The van der Waals surface area contributed by atoms with Crippen molar-refractivity contribution >= 4 is 23.5 Å². The number of aromatic nitrogens is 2. The molecule has 0 aliphatic carbocycles. The highest BCUT2D eigenvalue weighted by Crippen LogP contribution is 2.15. The molecule has 1 saturated heterocycles. The van der Waals surface area contributed by atoms with Crippen LogP contribution < -0.4 is 5.32 Å². The number of alkyl halides is 1. The van der Waals surface area contributed by atoms with Crippen LogP contribution in [-0.4, -0.2) is 46.5 Å². The lowest BCUT2D eigenvalue weighted by molar-refractivity contribution is -0.132. The Morgan fingerprint density at radius 2 is 2.41 bits per heavy atom. The molecule has 94 valence electrons. The summed E-state index contributed by atoms with van der Waals surface area (Å²) in [7, 11) is 1.79. The van der Waals surface area contributed by atoms with Crippen LogP contribution in [0.1, 0.15) is 18.7 Å². The molecule has 6 nitrogen and oxygen atoms in total. The summed E-state index contributed by atoms with van der Waals surface area (Å²) in [6.07, 6.45) is 1.91.